The molecular weight excluding hydrogens is 232 g/mol. The van der Waals surface area contributed by atoms with Gasteiger partial charge in [0, 0.05) is 19.6 Å². The summed E-state index contributed by atoms with van der Waals surface area (Å²) < 4.78 is 0. The van der Waals surface area contributed by atoms with Crippen molar-refractivity contribution in [1.82, 2.24) is 4.90 Å². The SMILES string of the molecule is CN(Cc1ccccc1CN)CC1CC2CCC1C2. The highest BCUT2D eigenvalue weighted by Crippen LogP contribution is 2.48. The normalized spacial score (nSPS) is 29.3. The fourth-order valence-corrected chi connectivity index (χ4v) is 4.27. The molecule has 19 heavy (non-hydrogen) atoms. The summed E-state index contributed by atoms with van der Waals surface area (Å²) in [5, 5.41) is 0. The van der Waals surface area contributed by atoms with Crippen LogP contribution in [0, 0.1) is 17.8 Å². The van der Waals surface area contributed by atoms with E-state index in [0.717, 1.165) is 24.3 Å². The van der Waals surface area contributed by atoms with Gasteiger partial charge in [0.25, 0.3) is 0 Å². The van der Waals surface area contributed by atoms with Gasteiger partial charge in [-0.3, -0.25) is 0 Å². The molecule has 1 aromatic rings. The predicted molar refractivity (Wildman–Crippen MR) is 79.6 cm³/mol. The smallest absolute Gasteiger partial charge is 0.0234 e. The van der Waals surface area contributed by atoms with Gasteiger partial charge in [0.05, 0.1) is 0 Å². The first-order valence-corrected chi connectivity index (χ1v) is 7.71. The molecule has 0 saturated heterocycles. The van der Waals surface area contributed by atoms with Crippen molar-refractivity contribution < 1.29 is 0 Å². The van der Waals surface area contributed by atoms with Gasteiger partial charge >= 0.3 is 0 Å². The third kappa shape index (κ3) is 2.85. The summed E-state index contributed by atoms with van der Waals surface area (Å²) >= 11 is 0. The van der Waals surface area contributed by atoms with Gasteiger partial charge in [-0.2, -0.15) is 0 Å². The highest BCUT2D eigenvalue weighted by Gasteiger charge is 2.39. The lowest BCUT2D eigenvalue weighted by Gasteiger charge is -2.27. The molecule has 3 unspecified atom stereocenters. The van der Waals surface area contributed by atoms with E-state index in [4.69, 9.17) is 5.73 Å². The maximum Gasteiger partial charge on any atom is 0.0234 e. The van der Waals surface area contributed by atoms with Crippen LogP contribution in [0.25, 0.3) is 0 Å². The average Bonchev–Trinajstić information content (AvgIpc) is 3.01. The summed E-state index contributed by atoms with van der Waals surface area (Å²) in [4.78, 5) is 2.50. The van der Waals surface area contributed by atoms with Gasteiger partial charge in [-0.05, 0) is 55.2 Å². The van der Waals surface area contributed by atoms with Crippen LogP contribution in [0.15, 0.2) is 24.3 Å². The van der Waals surface area contributed by atoms with Crippen LogP contribution in [-0.2, 0) is 13.1 Å². The van der Waals surface area contributed by atoms with Crippen molar-refractivity contribution in [2.24, 2.45) is 23.5 Å². The summed E-state index contributed by atoms with van der Waals surface area (Å²) in [6.45, 7) is 2.96. The zero-order valence-corrected chi connectivity index (χ0v) is 12.0. The summed E-state index contributed by atoms with van der Waals surface area (Å²) in [6, 6.07) is 8.59. The first-order chi connectivity index (χ1) is 9.26. The van der Waals surface area contributed by atoms with Crippen molar-refractivity contribution in [2.75, 3.05) is 13.6 Å². The number of nitrogens with zero attached hydrogens (tertiary/aromatic N) is 1. The fourth-order valence-electron chi connectivity index (χ4n) is 4.27. The summed E-state index contributed by atoms with van der Waals surface area (Å²) in [7, 11) is 2.26. The Balaban J connectivity index is 1.57. The molecule has 2 aliphatic carbocycles. The van der Waals surface area contributed by atoms with E-state index in [1.807, 2.05) is 0 Å². The molecule has 0 amide bonds. The number of hydrogen-bond donors (Lipinski definition) is 1. The van der Waals surface area contributed by atoms with Crippen LogP contribution in [0.2, 0.25) is 0 Å². The lowest BCUT2D eigenvalue weighted by molar-refractivity contribution is 0.214. The summed E-state index contributed by atoms with van der Waals surface area (Å²) in [6.07, 6.45) is 5.98. The Labute approximate surface area is 117 Å². The second-order valence-electron chi connectivity index (χ2n) is 6.60. The molecule has 0 heterocycles. The lowest BCUT2D eigenvalue weighted by atomic mass is 9.88. The van der Waals surface area contributed by atoms with E-state index in [2.05, 4.69) is 36.2 Å². The molecule has 104 valence electrons. The molecule has 2 heteroatoms. The van der Waals surface area contributed by atoms with Crippen molar-refractivity contribution in [3.05, 3.63) is 35.4 Å². The zero-order valence-electron chi connectivity index (χ0n) is 12.0. The predicted octanol–water partition coefficient (Wildman–Crippen LogP) is 3.01. The van der Waals surface area contributed by atoms with Gasteiger partial charge in [-0.25, -0.2) is 0 Å². The van der Waals surface area contributed by atoms with Crippen LogP contribution in [0.5, 0.6) is 0 Å². The van der Waals surface area contributed by atoms with E-state index in [1.54, 1.807) is 0 Å². The van der Waals surface area contributed by atoms with Crippen LogP contribution in [0.3, 0.4) is 0 Å². The molecule has 0 radical (unpaired) electrons. The molecule has 2 aliphatic rings. The lowest BCUT2D eigenvalue weighted by Crippen LogP contribution is -2.28. The van der Waals surface area contributed by atoms with E-state index in [-0.39, 0.29) is 0 Å². The van der Waals surface area contributed by atoms with Gasteiger partial charge in [0.2, 0.25) is 0 Å². The zero-order chi connectivity index (χ0) is 13.2. The molecule has 2 bridgehead atoms. The number of fused-ring (bicyclic) bond motifs is 2. The molecule has 3 rings (SSSR count). The molecule has 1 aromatic carbocycles. The van der Waals surface area contributed by atoms with E-state index in [1.165, 1.54) is 43.4 Å². The van der Waals surface area contributed by atoms with Crippen LogP contribution < -0.4 is 5.73 Å². The molecule has 2 N–H and O–H groups in total. The minimum atomic E-state index is 0.651. The fraction of sp³-hybridized carbons (Fsp3) is 0.647. The topological polar surface area (TPSA) is 29.3 Å². The quantitative estimate of drug-likeness (QED) is 0.879. The van der Waals surface area contributed by atoms with Gasteiger partial charge in [-0.15, -0.1) is 0 Å². The van der Waals surface area contributed by atoms with E-state index in [9.17, 15) is 0 Å². The van der Waals surface area contributed by atoms with Crippen molar-refractivity contribution in [1.29, 1.82) is 0 Å². The Kier molecular flexibility index (Phi) is 3.90. The Morgan fingerprint density at radius 3 is 2.58 bits per heavy atom. The van der Waals surface area contributed by atoms with Crippen LogP contribution >= 0.6 is 0 Å². The minimum Gasteiger partial charge on any atom is -0.326 e. The third-order valence-electron chi connectivity index (χ3n) is 5.21. The number of benzene rings is 1. The van der Waals surface area contributed by atoms with E-state index in [0.29, 0.717) is 6.54 Å². The Bertz CT molecular complexity index is 429. The van der Waals surface area contributed by atoms with Crippen LogP contribution in [-0.4, -0.2) is 18.5 Å². The maximum atomic E-state index is 5.82. The largest absolute Gasteiger partial charge is 0.326 e. The molecule has 2 saturated carbocycles. The Morgan fingerprint density at radius 1 is 1.16 bits per heavy atom. The molecule has 3 atom stereocenters. The van der Waals surface area contributed by atoms with Gasteiger partial charge in [0.1, 0.15) is 0 Å². The maximum absolute atomic E-state index is 5.82. The van der Waals surface area contributed by atoms with Crippen molar-refractivity contribution in [3.8, 4) is 0 Å². The van der Waals surface area contributed by atoms with Crippen molar-refractivity contribution in [3.63, 3.8) is 0 Å². The van der Waals surface area contributed by atoms with Crippen LogP contribution in [0.1, 0.15) is 36.8 Å². The van der Waals surface area contributed by atoms with Crippen molar-refractivity contribution >= 4 is 0 Å². The van der Waals surface area contributed by atoms with Crippen LogP contribution in [0.4, 0.5) is 0 Å². The Morgan fingerprint density at radius 2 is 1.95 bits per heavy atom. The summed E-state index contributed by atoms with van der Waals surface area (Å²) in [5.74, 6) is 3.03. The molecule has 2 fully saturated rings. The second kappa shape index (κ2) is 5.64. The molecule has 0 aromatic heterocycles. The summed E-state index contributed by atoms with van der Waals surface area (Å²) in [5.41, 5.74) is 8.51. The molecule has 2 nitrogen and oxygen atoms in total. The van der Waals surface area contributed by atoms with Crippen molar-refractivity contribution in [2.45, 2.75) is 38.8 Å². The minimum absolute atomic E-state index is 0.651. The molecule has 0 aliphatic heterocycles. The molecular formula is C17H26N2. The van der Waals surface area contributed by atoms with E-state index >= 15 is 0 Å². The first-order valence-electron chi connectivity index (χ1n) is 7.71. The number of hydrogen-bond acceptors (Lipinski definition) is 2. The highest BCUT2D eigenvalue weighted by molar-refractivity contribution is 5.26. The highest BCUT2D eigenvalue weighted by atomic mass is 15.1. The average molecular weight is 258 g/mol. The Hall–Kier alpha value is -0.860. The van der Waals surface area contributed by atoms with Gasteiger partial charge < -0.3 is 10.6 Å². The molecule has 0 spiro atoms. The second-order valence-corrected chi connectivity index (χ2v) is 6.60. The number of rotatable bonds is 5. The van der Waals surface area contributed by atoms with E-state index < -0.39 is 0 Å². The number of nitrogens with two attached hydrogens (primary N) is 1. The first kappa shape index (κ1) is 13.1. The third-order valence-corrected chi connectivity index (χ3v) is 5.21. The van der Waals surface area contributed by atoms with Gasteiger partial charge in [0.15, 0.2) is 0 Å². The standard InChI is InChI=1S/C17H26N2/c1-19(11-16-5-3-2-4-15(16)10-18)12-17-9-13-6-7-14(17)8-13/h2-5,13-14,17H,6-12,18H2,1H3. The van der Waals surface area contributed by atoms with Gasteiger partial charge in [-0.1, -0.05) is 30.7 Å². The monoisotopic (exact) mass is 258 g/mol.